The highest BCUT2D eigenvalue weighted by molar-refractivity contribution is 6.30. The maximum absolute atomic E-state index is 13.5. The minimum absolute atomic E-state index is 0.0000741. The van der Waals surface area contributed by atoms with Crippen LogP contribution in [0.3, 0.4) is 0 Å². The Morgan fingerprint density at radius 3 is 2.67 bits per heavy atom. The second kappa shape index (κ2) is 12.4. The van der Waals surface area contributed by atoms with E-state index in [9.17, 15) is 18.8 Å². The predicted molar refractivity (Wildman–Crippen MR) is 143 cm³/mol. The molecule has 1 aromatic carbocycles. The molecule has 0 spiro atoms. The Balaban J connectivity index is 1.64. The molecule has 0 fully saturated rings. The number of carbonyl (C=O) groups is 1. The predicted octanol–water partition coefficient (Wildman–Crippen LogP) is 3.32. The summed E-state index contributed by atoms with van der Waals surface area (Å²) < 4.78 is 26.1. The third-order valence-corrected chi connectivity index (χ3v) is 5.97. The second-order valence-corrected chi connectivity index (χ2v) is 9.10. The van der Waals surface area contributed by atoms with E-state index in [1.165, 1.54) is 23.9 Å². The molecule has 0 bridgehead atoms. The maximum atomic E-state index is 13.5. The van der Waals surface area contributed by atoms with Gasteiger partial charge in [0, 0.05) is 23.3 Å². The lowest BCUT2D eigenvalue weighted by Gasteiger charge is -2.17. The standard InChI is InChI=1S/C27H25ClFN5O5/c1-17(24(35)38-2)15-34-26(36)32-25(33(27(34)37)16-18-6-8-19(28)9-7-18)31-21-4-3-5-22(11-10-21)39-23-12-20(29)13-30-14-23/h3-14,17,22H,15-16H2,1-2H3,(H,31,32,36)/t17-,22?/m0/s1. The molecule has 1 aliphatic rings. The monoisotopic (exact) mass is 553 g/mol. The molecule has 4 rings (SSSR count). The molecule has 202 valence electrons. The van der Waals surface area contributed by atoms with Crippen molar-refractivity contribution in [2.24, 2.45) is 5.92 Å². The fourth-order valence-electron chi connectivity index (χ4n) is 3.74. The summed E-state index contributed by atoms with van der Waals surface area (Å²) >= 11 is 6.00. The summed E-state index contributed by atoms with van der Waals surface area (Å²) in [5.41, 5.74) is -0.234. The van der Waals surface area contributed by atoms with E-state index in [0.717, 1.165) is 16.3 Å². The lowest BCUT2D eigenvalue weighted by molar-refractivity contribution is -0.145. The van der Waals surface area contributed by atoms with Gasteiger partial charge in [-0.3, -0.25) is 14.3 Å². The van der Waals surface area contributed by atoms with Crippen LogP contribution in [0.25, 0.3) is 0 Å². The van der Waals surface area contributed by atoms with E-state index in [0.29, 0.717) is 10.7 Å². The summed E-state index contributed by atoms with van der Waals surface area (Å²) in [6.45, 7) is 1.43. The van der Waals surface area contributed by atoms with Crippen molar-refractivity contribution in [3.8, 4) is 5.75 Å². The van der Waals surface area contributed by atoms with Crippen LogP contribution in [0.2, 0.25) is 5.02 Å². The molecule has 39 heavy (non-hydrogen) atoms. The van der Waals surface area contributed by atoms with Gasteiger partial charge in [0.2, 0.25) is 5.95 Å². The van der Waals surface area contributed by atoms with E-state index >= 15 is 0 Å². The Labute approximate surface area is 227 Å². The number of methoxy groups -OCH3 is 1. The van der Waals surface area contributed by atoms with Crippen molar-refractivity contribution in [1.29, 1.82) is 0 Å². The Morgan fingerprint density at radius 2 is 1.95 bits per heavy atom. The molecular formula is C27H25ClFN5O5. The Hall–Kier alpha value is -4.51. The van der Waals surface area contributed by atoms with Gasteiger partial charge in [-0.05, 0) is 42.0 Å². The zero-order valence-corrected chi connectivity index (χ0v) is 21.8. The van der Waals surface area contributed by atoms with E-state index in [1.807, 2.05) is 0 Å². The highest BCUT2D eigenvalue weighted by Gasteiger charge is 2.20. The highest BCUT2D eigenvalue weighted by atomic mass is 35.5. The normalized spacial score (nSPS) is 15.3. The van der Waals surface area contributed by atoms with Crippen LogP contribution in [0.15, 0.2) is 88.4 Å². The van der Waals surface area contributed by atoms with Gasteiger partial charge in [0.25, 0.3) is 0 Å². The van der Waals surface area contributed by atoms with E-state index < -0.39 is 35.2 Å². The van der Waals surface area contributed by atoms with Crippen molar-refractivity contribution >= 4 is 23.5 Å². The average molecular weight is 554 g/mol. The third-order valence-electron chi connectivity index (χ3n) is 5.71. The average Bonchev–Trinajstić information content (AvgIpc) is 3.14. The molecule has 0 amide bonds. The van der Waals surface area contributed by atoms with Crippen molar-refractivity contribution in [3.05, 3.63) is 116 Å². The van der Waals surface area contributed by atoms with Gasteiger partial charge in [-0.2, -0.15) is 4.98 Å². The van der Waals surface area contributed by atoms with Gasteiger partial charge >= 0.3 is 17.3 Å². The van der Waals surface area contributed by atoms with Crippen LogP contribution in [0.5, 0.6) is 5.75 Å². The number of ether oxygens (including phenoxy) is 2. The molecule has 1 N–H and O–H groups in total. The lowest BCUT2D eigenvalue weighted by Crippen LogP contribution is -2.44. The van der Waals surface area contributed by atoms with Crippen molar-refractivity contribution in [3.63, 3.8) is 0 Å². The van der Waals surface area contributed by atoms with Gasteiger partial charge < -0.3 is 14.8 Å². The number of esters is 1. The number of rotatable bonds is 9. The molecule has 0 aliphatic heterocycles. The van der Waals surface area contributed by atoms with E-state index in [2.05, 4.69) is 15.3 Å². The number of nitrogens with one attached hydrogen (secondary N) is 1. The molecule has 2 atom stereocenters. The number of aromatic nitrogens is 4. The minimum Gasteiger partial charge on any atom is -0.481 e. The van der Waals surface area contributed by atoms with Crippen LogP contribution in [-0.4, -0.2) is 38.3 Å². The number of carbonyl (C=O) groups excluding carboxylic acids is 1. The van der Waals surface area contributed by atoms with Gasteiger partial charge in [-0.1, -0.05) is 36.7 Å². The minimum atomic E-state index is -0.820. The summed E-state index contributed by atoms with van der Waals surface area (Å²) in [6.07, 6.45) is 10.5. The molecular weight excluding hydrogens is 529 g/mol. The molecule has 12 heteroatoms. The summed E-state index contributed by atoms with van der Waals surface area (Å²) in [5, 5.41) is 3.56. The SMILES string of the molecule is COC(=O)[C@@H](C)Cn1c(=O)nc(NC2=CC=CC(Oc3cncc(F)c3)C=C2)n(Cc2ccc(Cl)cc2)c1=O. The van der Waals surface area contributed by atoms with Crippen LogP contribution in [-0.2, 0) is 22.6 Å². The van der Waals surface area contributed by atoms with Crippen molar-refractivity contribution in [2.75, 3.05) is 12.4 Å². The number of benzene rings is 1. The smallest absolute Gasteiger partial charge is 0.354 e. The van der Waals surface area contributed by atoms with E-state index in [4.69, 9.17) is 21.1 Å². The molecule has 10 nitrogen and oxygen atoms in total. The number of hydrogen-bond donors (Lipinski definition) is 1. The molecule has 0 radical (unpaired) electrons. The molecule has 2 aromatic heterocycles. The van der Waals surface area contributed by atoms with Crippen LogP contribution < -0.4 is 21.4 Å². The summed E-state index contributed by atoms with van der Waals surface area (Å²) in [7, 11) is 1.23. The topological polar surface area (TPSA) is 117 Å². The molecule has 1 aliphatic carbocycles. The van der Waals surface area contributed by atoms with Gasteiger partial charge in [0.05, 0.1) is 32.0 Å². The number of anilines is 1. The second-order valence-electron chi connectivity index (χ2n) is 8.66. The molecule has 0 saturated heterocycles. The number of halogens is 2. The van der Waals surface area contributed by atoms with Gasteiger partial charge in [0.1, 0.15) is 17.7 Å². The maximum Gasteiger partial charge on any atom is 0.354 e. The van der Waals surface area contributed by atoms with Gasteiger partial charge in [-0.15, -0.1) is 0 Å². The Morgan fingerprint density at radius 1 is 1.18 bits per heavy atom. The van der Waals surface area contributed by atoms with Crippen LogP contribution in [0.1, 0.15) is 12.5 Å². The summed E-state index contributed by atoms with van der Waals surface area (Å²) in [4.78, 5) is 46.2. The first-order valence-electron chi connectivity index (χ1n) is 11.9. The quantitative estimate of drug-likeness (QED) is 0.401. The largest absolute Gasteiger partial charge is 0.481 e. The number of hydrogen-bond acceptors (Lipinski definition) is 8. The highest BCUT2D eigenvalue weighted by Crippen LogP contribution is 2.17. The molecule has 3 aromatic rings. The first kappa shape index (κ1) is 27.5. The van der Waals surface area contributed by atoms with E-state index in [1.54, 1.807) is 61.6 Å². The fourth-order valence-corrected chi connectivity index (χ4v) is 3.86. The van der Waals surface area contributed by atoms with Crippen molar-refractivity contribution in [2.45, 2.75) is 26.1 Å². The van der Waals surface area contributed by atoms with Gasteiger partial charge in [0.15, 0.2) is 0 Å². The third kappa shape index (κ3) is 7.08. The molecule has 2 heterocycles. The Kier molecular flexibility index (Phi) is 8.72. The zero-order valence-electron chi connectivity index (χ0n) is 21.1. The number of allylic oxidation sites excluding steroid dienone is 3. The van der Waals surface area contributed by atoms with Crippen molar-refractivity contribution < 1.29 is 18.7 Å². The first-order chi connectivity index (χ1) is 18.7. The van der Waals surface area contributed by atoms with Crippen molar-refractivity contribution in [1.82, 2.24) is 19.1 Å². The number of nitrogens with zero attached hydrogens (tertiary/aromatic N) is 4. The zero-order chi connectivity index (χ0) is 27.9. The van der Waals surface area contributed by atoms with Crippen LogP contribution >= 0.6 is 11.6 Å². The first-order valence-corrected chi connectivity index (χ1v) is 12.3. The summed E-state index contributed by atoms with van der Waals surface area (Å²) in [5.74, 6) is -1.56. The van der Waals surface area contributed by atoms with E-state index in [-0.39, 0.29) is 24.8 Å². The van der Waals surface area contributed by atoms with Crippen LogP contribution in [0.4, 0.5) is 10.3 Å². The Bertz CT molecular complexity index is 1560. The lowest BCUT2D eigenvalue weighted by atomic mass is 10.2. The van der Waals surface area contributed by atoms with Gasteiger partial charge in [-0.25, -0.2) is 18.5 Å². The summed E-state index contributed by atoms with van der Waals surface area (Å²) in [6, 6.07) is 8.10. The molecule has 1 unspecified atom stereocenters. The number of pyridine rings is 1. The van der Waals surface area contributed by atoms with Crippen LogP contribution in [0, 0.1) is 11.7 Å². The molecule has 0 saturated carbocycles. The fraction of sp³-hybridized carbons (Fsp3) is 0.222.